The number of fused-ring (bicyclic) bond motifs is 1. The van der Waals surface area contributed by atoms with Gasteiger partial charge < -0.3 is 15.6 Å². The highest BCUT2D eigenvalue weighted by Crippen LogP contribution is 2.24. The van der Waals surface area contributed by atoms with Gasteiger partial charge in [-0.1, -0.05) is 12.1 Å². The van der Waals surface area contributed by atoms with Crippen LogP contribution in [0.1, 0.15) is 24.2 Å². The van der Waals surface area contributed by atoms with E-state index in [2.05, 4.69) is 20.1 Å². The molecule has 0 unspecified atom stereocenters. The maximum Gasteiger partial charge on any atom is 0.228 e. The standard InChI is InChI=1S/C20H21N5O.2ClH/c21-16-8-4-14(5-9-16)13-19(26)22-17-10-6-15(7-11-17)20-24-23-18-3-1-2-12-25(18)20;;/h4-11H,1-3,12-13,21H2,(H,22,26);2*1H. The number of anilines is 2. The van der Waals surface area contributed by atoms with Crippen molar-refractivity contribution in [2.24, 2.45) is 0 Å². The number of halogens is 2. The first kappa shape index (κ1) is 21.7. The molecule has 3 N–H and O–H groups in total. The predicted molar refractivity (Wildman–Crippen MR) is 116 cm³/mol. The van der Waals surface area contributed by atoms with Gasteiger partial charge in [-0.3, -0.25) is 4.79 Å². The molecule has 0 saturated carbocycles. The van der Waals surface area contributed by atoms with E-state index in [0.717, 1.165) is 47.8 Å². The number of carbonyl (C=O) groups excluding carboxylic acids is 1. The summed E-state index contributed by atoms with van der Waals surface area (Å²) < 4.78 is 2.19. The van der Waals surface area contributed by atoms with Gasteiger partial charge in [-0.2, -0.15) is 0 Å². The summed E-state index contributed by atoms with van der Waals surface area (Å²) in [7, 11) is 0. The monoisotopic (exact) mass is 419 g/mol. The number of amides is 1. The number of hydrogen-bond donors (Lipinski definition) is 2. The molecule has 0 radical (unpaired) electrons. The van der Waals surface area contributed by atoms with Crippen LogP contribution in [-0.4, -0.2) is 20.7 Å². The Morgan fingerprint density at radius 1 is 1.00 bits per heavy atom. The zero-order chi connectivity index (χ0) is 17.9. The second kappa shape index (κ2) is 9.57. The third-order valence-electron chi connectivity index (χ3n) is 4.63. The highest BCUT2D eigenvalue weighted by Gasteiger charge is 2.16. The average molecular weight is 420 g/mol. The van der Waals surface area contributed by atoms with Gasteiger partial charge in [-0.15, -0.1) is 35.0 Å². The molecule has 1 amide bonds. The Balaban J connectivity index is 0.00000140. The van der Waals surface area contributed by atoms with Crippen LogP contribution in [0.15, 0.2) is 48.5 Å². The number of carbonyl (C=O) groups is 1. The molecule has 28 heavy (non-hydrogen) atoms. The largest absolute Gasteiger partial charge is 0.399 e. The smallest absolute Gasteiger partial charge is 0.228 e. The van der Waals surface area contributed by atoms with Crippen molar-refractivity contribution in [1.82, 2.24) is 14.8 Å². The maximum atomic E-state index is 12.2. The lowest BCUT2D eigenvalue weighted by molar-refractivity contribution is -0.115. The topological polar surface area (TPSA) is 85.8 Å². The van der Waals surface area contributed by atoms with Gasteiger partial charge in [0.2, 0.25) is 5.91 Å². The van der Waals surface area contributed by atoms with Gasteiger partial charge in [-0.05, 0) is 54.8 Å². The van der Waals surface area contributed by atoms with Crippen molar-refractivity contribution in [1.29, 1.82) is 0 Å². The number of hydrogen-bond acceptors (Lipinski definition) is 4. The fourth-order valence-corrected chi connectivity index (χ4v) is 3.25. The second-order valence-corrected chi connectivity index (χ2v) is 6.59. The van der Waals surface area contributed by atoms with Crippen LogP contribution in [0.2, 0.25) is 0 Å². The van der Waals surface area contributed by atoms with Crippen LogP contribution in [0.5, 0.6) is 0 Å². The molecule has 0 fully saturated rings. The van der Waals surface area contributed by atoms with E-state index in [4.69, 9.17) is 5.73 Å². The van der Waals surface area contributed by atoms with Crippen molar-refractivity contribution in [3.05, 3.63) is 59.9 Å². The Bertz CT molecular complexity index is 923. The normalized spacial score (nSPS) is 12.3. The van der Waals surface area contributed by atoms with E-state index in [1.165, 1.54) is 6.42 Å². The van der Waals surface area contributed by atoms with Gasteiger partial charge in [0, 0.05) is 29.9 Å². The van der Waals surface area contributed by atoms with Gasteiger partial charge in [-0.25, -0.2) is 0 Å². The number of benzene rings is 2. The van der Waals surface area contributed by atoms with Gasteiger partial charge in [0.05, 0.1) is 6.42 Å². The first-order valence-corrected chi connectivity index (χ1v) is 8.86. The molecule has 3 aromatic rings. The highest BCUT2D eigenvalue weighted by molar-refractivity contribution is 5.92. The van der Waals surface area contributed by atoms with E-state index in [9.17, 15) is 4.79 Å². The third-order valence-corrected chi connectivity index (χ3v) is 4.63. The minimum absolute atomic E-state index is 0. The van der Waals surface area contributed by atoms with Gasteiger partial charge >= 0.3 is 0 Å². The molecule has 2 heterocycles. The molecule has 1 aliphatic rings. The highest BCUT2D eigenvalue weighted by atomic mass is 35.5. The number of aromatic nitrogens is 3. The summed E-state index contributed by atoms with van der Waals surface area (Å²) in [5.41, 5.74) is 9.08. The summed E-state index contributed by atoms with van der Waals surface area (Å²) in [4.78, 5) is 12.2. The quantitative estimate of drug-likeness (QED) is 0.627. The molecule has 0 aliphatic carbocycles. The summed E-state index contributed by atoms with van der Waals surface area (Å²) >= 11 is 0. The molecule has 0 atom stereocenters. The van der Waals surface area contributed by atoms with Crippen LogP contribution < -0.4 is 11.1 Å². The summed E-state index contributed by atoms with van der Waals surface area (Å²) in [6.45, 7) is 0.970. The number of nitrogens with two attached hydrogens (primary N) is 1. The van der Waals surface area contributed by atoms with E-state index < -0.39 is 0 Å². The van der Waals surface area contributed by atoms with Gasteiger partial charge in [0.25, 0.3) is 0 Å². The lowest BCUT2D eigenvalue weighted by Crippen LogP contribution is -2.14. The summed E-state index contributed by atoms with van der Waals surface area (Å²) in [5, 5.41) is 11.6. The minimum Gasteiger partial charge on any atom is -0.399 e. The lowest BCUT2D eigenvalue weighted by Gasteiger charge is -2.14. The molecule has 0 saturated heterocycles. The fraction of sp³-hybridized carbons (Fsp3) is 0.250. The zero-order valence-corrected chi connectivity index (χ0v) is 16.9. The van der Waals surface area contributed by atoms with E-state index in [0.29, 0.717) is 12.1 Å². The van der Waals surface area contributed by atoms with Crippen molar-refractivity contribution < 1.29 is 4.79 Å². The summed E-state index contributed by atoms with van der Waals surface area (Å²) in [5.74, 6) is 1.91. The van der Waals surface area contributed by atoms with Gasteiger partial charge in [0.15, 0.2) is 5.82 Å². The van der Waals surface area contributed by atoms with E-state index in [1.807, 2.05) is 36.4 Å². The molecule has 4 rings (SSSR count). The molecule has 6 nitrogen and oxygen atoms in total. The Labute approximate surface area is 176 Å². The molecule has 1 aromatic heterocycles. The van der Waals surface area contributed by atoms with Crippen molar-refractivity contribution in [2.75, 3.05) is 11.1 Å². The predicted octanol–water partition coefficient (Wildman–Crippen LogP) is 3.89. The molecule has 0 spiro atoms. The van der Waals surface area contributed by atoms with E-state index in [1.54, 1.807) is 12.1 Å². The summed E-state index contributed by atoms with van der Waals surface area (Å²) in [6, 6.07) is 15.1. The van der Waals surface area contributed by atoms with E-state index in [-0.39, 0.29) is 30.7 Å². The first-order valence-electron chi connectivity index (χ1n) is 8.86. The van der Waals surface area contributed by atoms with Crippen molar-refractivity contribution in [3.63, 3.8) is 0 Å². The van der Waals surface area contributed by atoms with Crippen LogP contribution in [0.3, 0.4) is 0 Å². The Hall–Kier alpha value is -2.57. The number of rotatable bonds is 4. The molecular formula is C20H23Cl2N5O. The number of nitrogen functional groups attached to an aromatic ring is 1. The second-order valence-electron chi connectivity index (χ2n) is 6.59. The number of aryl methyl sites for hydroxylation is 1. The van der Waals surface area contributed by atoms with E-state index >= 15 is 0 Å². The SMILES string of the molecule is Cl.Cl.Nc1ccc(CC(=O)Nc2ccc(-c3nnc4n3CCCC4)cc2)cc1. The number of nitrogens with zero attached hydrogens (tertiary/aromatic N) is 3. The molecule has 148 valence electrons. The minimum atomic E-state index is -0.0534. The van der Waals surface area contributed by atoms with Crippen LogP contribution in [-0.2, 0) is 24.2 Å². The Morgan fingerprint density at radius 2 is 1.71 bits per heavy atom. The van der Waals surface area contributed by atoms with Crippen LogP contribution in [0, 0.1) is 0 Å². The van der Waals surface area contributed by atoms with Crippen LogP contribution >= 0.6 is 24.8 Å². The zero-order valence-electron chi connectivity index (χ0n) is 15.3. The van der Waals surface area contributed by atoms with Gasteiger partial charge in [0.1, 0.15) is 5.82 Å². The van der Waals surface area contributed by atoms with Crippen LogP contribution in [0.4, 0.5) is 11.4 Å². The molecule has 2 aromatic carbocycles. The molecule has 8 heteroatoms. The van der Waals surface area contributed by atoms with Crippen molar-refractivity contribution in [2.45, 2.75) is 32.2 Å². The Morgan fingerprint density at radius 3 is 2.43 bits per heavy atom. The first-order chi connectivity index (χ1) is 12.7. The van der Waals surface area contributed by atoms with Crippen molar-refractivity contribution in [3.8, 4) is 11.4 Å². The fourth-order valence-electron chi connectivity index (χ4n) is 3.25. The molecule has 0 bridgehead atoms. The average Bonchev–Trinajstić information content (AvgIpc) is 3.08. The third kappa shape index (κ3) is 4.82. The Kier molecular flexibility index (Phi) is 7.43. The number of nitrogens with one attached hydrogen (secondary N) is 1. The molecular weight excluding hydrogens is 397 g/mol. The molecule has 1 aliphatic heterocycles. The lowest BCUT2D eigenvalue weighted by atomic mass is 10.1. The van der Waals surface area contributed by atoms with Crippen molar-refractivity contribution >= 4 is 42.1 Å². The maximum absolute atomic E-state index is 12.2. The van der Waals surface area contributed by atoms with Crippen LogP contribution in [0.25, 0.3) is 11.4 Å². The summed E-state index contributed by atoms with van der Waals surface area (Å²) in [6.07, 6.45) is 3.65.